The fourth-order valence-corrected chi connectivity index (χ4v) is 4.19. The first kappa shape index (κ1) is 16.9. The van der Waals surface area contributed by atoms with E-state index >= 15 is 0 Å². The molecule has 0 amide bonds. The predicted molar refractivity (Wildman–Crippen MR) is 113 cm³/mol. The molecule has 0 radical (unpaired) electrons. The topological polar surface area (TPSA) is 55.6 Å². The molecule has 140 valence electrons. The number of aryl methyl sites for hydroxylation is 3. The molecule has 0 bridgehead atoms. The summed E-state index contributed by atoms with van der Waals surface area (Å²) in [6, 6.07) is 12.9. The minimum atomic E-state index is 0.806. The second-order valence-electron chi connectivity index (χ2n) is 7.58. The number of aromatic nitrogens is 4. The van der Waals surface area contributed by atoms with E-state index in [1.165, 1.54) is 35.1 Å². The van der Waals surface area contributed by atoms with Gasteiger partial charge in [-0.3, -0.25) is 0 Å². The Morgan fingerprint density at radius 3 is 2.79 bits per heavy atom. The SMILES string of the molecule is Cc1ccc(-n2ncc3c(Nc4cccc5c4CCCC5)ncnc32)c(C)c1. The lowest BCUT2D eigenvalue weighted by Gasteiger charge is -2.20. The molecule has 5 heteroatoms. The van der Waals surface area contributed by atoms with Gasteiger partial charge in [-0.2, -0.15) is 5.10 Å². The van der Waals surface area contributed by atoms with Crippen molar-refractivity contribution in [2.24, 2.45) is 0 Å². The van der Waals surface area contributed by atoms with Gasteiger partial charge in [0.15, 0.2) is 5.65 Å². The highest BCUT2D eigenvalue weighted by atomic mass is 15.3. The maximum Gasteiger partial charge on any atom is 0.168 e. The van der Waals surface area contributed by atoms with Crippen LogP contribution in [0.3, 0.4) is 0 Å². The zero-order valence-electron chi connectivity index (χ0n) is 16.2. The molecule has 0 saturated carbocycles. The lowest BCUT2D eigenvalue weighted by molar-refractivity contribution is 0.687. The van der Waals surface area contributed by atoms with Crippen LogP contribution in [-0.4, -0.2) is 19.7 Å². The average Bonchev–Trinajstić information content (AvgIpc) is 3.13. The number of fused-ring (bicyclic) bond motifs is 2. The molecule has 2 aromatic carbocycles. The van der Waals surface area contributed by atoms with Crippen molar-refractivity contribution >= 4 is 22.5 Å². The molecule has 0 atom stereocenters. The number of hydrogen-bond acceptors (Lipinski definition) is 4. The Kier molecular flexibility index (Phi) is 4.08. The molecular weight excluding hydrogens is 346 g/mol. The van der Waals surface area contributed by atoms with Gasteiger partial charge in [-0.25, -0.2) is 14.6 Å². The minimum Gasteiger partial charge on any atom is -0.339 e. The first-order valence-electron chi connectivity index (χ1n) is 9.85. The summed E-state index contributed by atoms with van der Waals surface area (Å²) in [5, 5.41) is 9.11. The predicted octanol–water partition coefficient (Wildman–Crippen LogP) is 5.05. The van der Waals surface area contributed by atoms with Crippen LogP contribution in [0.15, 0.2) is 48.9 Å². The Hall–Kier alpha value is -3.21. The molecule has 0 saturated heterocycles. The maximum atomic E-state index is 4.62. The molecule has 1 N–H and O–H groups in total. The van der Waals surface area contributed by atoms with E-state index < -0.39 is 0 Å². The number of nitrogens with zero attached hydrogens (tertiary/aromatic N) is 4. The standard InChI is InChI=1S/C23H23N5/c1-15-10-11-21(16(2)12-15)28-23-19(13-26-28)22(24-14-25-23)27-20-9-5-7-17-6-3-4-8-18(17)20/h5,7,9-14H,3-4,6,8H2,1-2H3,(H,24,25,27). The Balaban J connectivity index is 1.58. The van der Waals surface area contributed by atoms with E-state index in [9.17, 15) is 0 Å². The summed E-state index contributed by atoms with van der Waals surface area (Å²) in [5.41, 5.74) is 8.29. The number of hydrogen-bond donors (Lipinski definition) is 1. The van der Waals surface area contributed by atoms with Gasteiger partial charge in [0.05, 0.1) is 17.3 Å². The second kappa shape index (κ2) is 6.75. The maximum absolute atomic E-state index is 4.62. The van der Waals surface area contributed by atoms with Gasteiger partial charge in [-0.15, -0.1) is 0 Å². The molecule has 5 rings (SSSR count). The smallest absolute Gasteiger partial charge is 0.168 e. The molecule has 0 fully saturated rings. The Bertz CT molecular complexity index is 1180. The summed E-state index contributed by atoms with van der Waals surface area (Å²) < 4.78 is 1.90. The molecule has 0 unspecified atom stereocenters. The minimum absolute atomic E-state index is 0.806. The zero-order valence-corrected chi connectivity index (χ0v) is 16.2. The summed E-state index contributed by atoms with van der Waals surface area (Å²) in [4.78, 5) is 9.04. The molecule has 2 aromatic heterocycles. The van der Waals surface area contributed by atoms with Gasteiger partial charge < -0.3 is 5.32 Å². The molecule has 2 heterocycles. The van der Waals surface area contributed by atoms with Crippen molar-refractivity contribution < 1.29 is 0 Å². The van der Waals surface area contributed by atoms with Crippen LogP contribution in [0.25, 0.3) is 16.7 Å². The first-order chi connectivity index (χ1) is 13.7. The van der Waals surface area contributed by atoms with Gasteiger partial charge >= 0.3 is 0 Å². The fraction of sp³-hybridized carbons (Fsp3) is 0.261. The van der Waals surface area contributed by atoms with Crippen LogP contribution in [0, 0.1) is 13.8 Å². The monoisotopic (exact) mass is 369 g/mol. The van der Waals surface area contributed by atoms with Crippen molar-refractivity contribution in [3.8, 4) is 5.69 Å². The fourth-order valence-electron chi connectivity index (χ4n) is 4.19. The van der Waals surface area contributed by atoms with Crippen LogP contribution in [0.4, 0.5) is 11.5 Å². The van der Waals surface area contributed by atoms with Crippen LogP contribution in [0.5, 0.6) is 0 Å². The third kappa shape index (κ3) is 2.83. The van der Waals surface area contributed by atoms with Gasteiger partial charge in [-0.05, 0) is 68.4 Å². The number of anilines is 2. The highest BCUT2D eigenvalue weighted by Gasteiger charge is 2.16. The van der Waals surface area contributed by atoms with Crippen LogP contribution in [0.2, 0.25) is 0 Å². The van der Waals surface area contributed by atoms with E-state index in [0.717, 1.165) is 41.1 Å². The van der Waals surface area contributed by atoms with Crippen molar-refractivity contribution in [1.29, 1.82) is 0 Å². The lowest BCUT2D eigenvalue weighted by atomic mass is 9.90. The van der Waals surface area contributed by atoms with Crippen molar-refractivity contribution in [3.05, 3.63) is 71.2 Å². The van der Waals surface area contributed by atoms with E-state index in [-0.39, 0.29) is 0 Å². The number of nitrogens with one attached hydrogen (secondary N) is 1. The van der Waals surface area contributed by atoms with E-state index in [4.69, 9.17) is 0 Å². The quantitative estimate of drug-likeness (QED) is 0.549. The van der Waals surface area contributed by atoms with E-state index in [1.807, 2.05) is 10.9 Å². The Morgan fingerprint density at radius 1 is 1.00 bits per heavy atom. The third-order valence-corrected chi connectivity index (χ3v) is 5.60. The highest BCUT2D eigenvalue weighted by molar-refractivity contribution is 5.89. The average molecular weight is 369 g/mol. The second-order valence-corrected chi connectivity index (χ2v) is 7.58. The summed E-state index contributed by atoms with van der Waals surface area (Å²) in [6.45, 7) is 4.20. The molecule has 4 aromatic rings. The summed E-state index contributed by atoms with van der Waals surface area (Å²) in [6.07, 6.45) is 8.27. The molecule has 28 heavy (non-hydrogen) atoms. The molecule has 0 aliphatic heterocycles. The Morgan fingerprint density at radius 2 is 1.89 bits per heavy atom. The molecular formula is C23H23N5. The van der Waals surface area contributed by atoms with Crippen molar-refractivity contribution in [2.75, 3.05) is 5.32 Å². The normalized spacial score (nSPS) is 13.5. The van der Waals surface area contributed by atoms with Gasteiger partial charge in [-0.1, -0.05) is 29.8 Å². The van der Waals surface area contributed by atoms with Gasteiger partial charge in [0.1, 0.15) is 12.1 Å². The lowest BCUT2D eigenvalue weighted by Crippen LogP contribution is -2.07. The first-order valence-corrected chi connectivity index (χ1v) is 9.85. The van der Waals surface area contributed by atoms with Crippen LogP contribution in [-0.2, 0) is 12.8 Å². The van der Waals surface area contributed by atoms with E-state index in [1.54, 1.807) is 6.33 Å². The largest absolute Gasteiger partial charge is 0.339 e. The van der Waals surface area contributed by atoms with E-state index in [2.05, 4.69) is 70.6 Å². The van der Waals surface area contributed by atoms with Gasteiger partial charge in [0.2, 0.25) is 0 Å². The molecule has 5 nitrogen and oxygen atoms in total. The Labute approximate surface area is 164 Å². The summed E-state index contributed by atoms with van der Waals surface area (Å²) >= 11 is 0. The van der Waals surface area contributed by atoms with Gasteiger partial charge in [0, 0.05) is 5.69 Å². The molecule has 1 aliphatic rings. The zero-order chi connectivity index (χ0) is 19.1. The number of benzene rings is 2. The van der Waals surface area contributed by atoms with Crippen LogP contribution < -0.4 is 5.32 Å². The van der Waals surface area contributed by atoms with Crippen LogP contribution in [0.1, 0.15) is 35.1 Å². The highest BCUT2D eigenvalue weighted by Crippen LogP contribution is 2.31. The van der Waals surface area contributed by atoms with E-state index in [0.29, 0.717) is 0 Å². The summed E-state index contributed by atoms with van der Waals surface area (Å²) in [7, 11) is 0. The van der Waals surface area contributed by atoms with Crippen molar-refractivity contribution in [1.82, 2.24) is 19.7 Å². The van der Waals surface area contributed by atoms with Crippen LogP contribution >= 0.6 is 0 Å². The molecule has 0 spiro atoms. The van der Waals surface area contributed by atoms with Crippen molar-refractivity contribution in [2.45, 2.75) is 39.5 Å². The van der Waals surface area contributed by atoms with Crippen molar-refractivity contribution in [3.63, 3.8) is 0 Å². The molecule has 1 aliphatic carbocycles. The van der Waals surface area contributed by atoms with Gasteiger partial charge in [0.25, 0.3) is 0 Å². The third-order valence-electron chi connectivity index (χ3n) is 5.60. The number of rotatable bonds is 3. The summed E-state index contributed by atoms with van der Waals surface area (Å²) in [5.74, 6) is 0.806.